The number of aromatic amines is 1. The number of nitrogens with one attached hydrogen (secondary N) is 1. The van der Waals surface area contributed by atoms with Crippen LogP contribution in [-0.2, 0) is 0 Å². The quantitative estimate of drug-likeness (QED) is 0.676. The van der Waals surface area contributed by atoms with Crippen molar-refractivity contribution in [2.75, 3.05) is 0 Å². The fourth-order valence-corrected chi connectivity index (χ4v) is 3.53. The van der Waals surface area contributed by atoms with E-state index in [1.165, 1.54) is 9.75 Å². The van der Waals surface area contributed by atoms with Gasteiger partial charge in [-0.25, -0.2) is 0 Å². The Labute approximate surface area is 116 Å². The van der Waals surface area contributed by atoms with Gasteiger partial charge in [0, 0.05) is 31.8 Å². The standard InChI is InChI=1S/C16H15NOS/c1-9-5-4-6-12-14(8-18)16(17-15(9)12)13-7-10(2)19-11(13)3/h4-8,17H,1-3H3. The second-order valence-corrected chi connectivity index (χ2v) is 6.32. The first-order valence-electron chi connectivity index (χ1n) is 6.25. The van der Waals surface area contributed by atoms with E-state index in [1.807, 2.05) is 12.1 Å². The van der Waals surface area contributed by atoms with Crippen molar-refractivity contribution in [1.29, 1.82) is 0 Å². The average molecular weight is 269 g/mol. The minimum atomic E-state index is 0.764. The van der Waals surface area contributed by atoms with Crippen molar-refractivity contribution in [3.8, 4) is 11.3 Å². The second kappa shape index (κ2) is 4.35. The largest absolute Gasteiger partial charge is 0.354 e. The molecule has 2 aromatic heterocycles. The van der Waals surface area contributed by atoms with Crippen molar-refractivity contribution < 1.29 is 4.79 Å². The lowest BCUT2D eigenvalue weighted by molar-refractivity contribution is 0.112. The van der Waals surface area contributed by atoms with Crippen LogP contribution in [0.5, 0.6) is 0 Å². The number of aldehydes is 1. The molecule has 0 fully saturated rings. The number of aromatic nitrogens is 1. The fraction of sp³-hybridized carbons (Fsp3) is 0.188. The first kappa shape index (κ1) is 12.2. The van der Waals surface area contributed by atoms with Gasteiger partial charge in [0.05, 0.1) is 5.69 Å². The zero-order chi connectivity index (χ0) is 13.6. The molecule has 0 unspecified atom stereocenters. The maximum Gasteiger partial charge on any atom is 0.152 e. The van der Waals surface area contributed by atoms with Gasteiger partial charge in [-0.1, -0.05) is 18.2 Å². The third-order valence-corrected chi connectivity index (χ3v) is 4.48. The van der Waals surface area contributed by atoms with Crippen molar-refractivity contribution in [2.24, 2.45) is 0 Å². The molecule has 0 aliphatic rings. The van der Waals surface area contributed by atoms with Crippen LogP contribution in [0.15, 0.2) is 24.3 Å². The molecule has 0 saturated carbocycles. The van der Waals surface area contributed by atoms with Gasteiger partial charge in [0.1, 0.15) is 0 Å². The van der Waals surface area contributed by atoms with E-state index in [1.54, 1.807) is 11.3 Å². The Kier molecular flexibility index (Phi) is 2.79. The molecule has 0 aliphatic heterocycles. The molecule has 96 valence electrons. The highest BCUT2D eigenvalue weighted by atomic mass is 32.1. The van der Waals surface area contributed by atoms with Crippen molar-refractivity contribution in [3.05, 3.63) is 45.1 Å². The normalized spacial score (nSPS) is 11.1. The number of hydrogen-bond donors (Lipinski definition) is 1. The molecule has 3 rings (SSSR count). The van der Waals surface area contributed by atoms with Gasteiger partial charge in [-0.15, -0.1) is 11.3 Å². The second-order valence-electron chi connectivity index (χ2n) is 4.86. The molecular weight excluding hydrogens is 254 g/mol. The SMILES string of the molecule is Cc1cc(-c2[nH]c3c(C)cccc3c2C=O)c(C)s1. The molecule has 3 heteroatoms. The lowest BCUT2D eigenvalue weighted by atomic mass is 10.1. The summed E-state index contributed by atoms with van der Waals surface area (Å²) in [6, 6.07) is 8.20. The molecule has 0 spiro atoms. The molecular formula is C16H15NOS. The first-order chi connectivity index (χ1) is 9.11. The van der Waals surface area contributed by atoms with Crippen LogP contribution in [0.1, 0.15) is 25.7 Å². The lowest BCUT2D eigenvalue weighted by Crippen LogP contribution is -1.84. The van der Waals surface area contributed by atoms with Crippen LogP contribution >= 0.6 is 11.3 Å². The molecule has 2 heterocycles. The highest BCUT2D eigenvalue weighted by Crippen LogP contribution is 2.35. The summed E-state index contributed by atoms with van der Waals surface area (Å²) < 4.78 is 0. The van der Waals surface area contributed by atoms with Crippen molar-refractivity contribution in [1.82, 2.24) is 4.98 Å². The predicted octanol–water partition coefficient (Wildman–Crippen LogP) is 4.63. The number of carbonyl (C=O) groups is 1. The minimum absolute atomic E-state index is 0.764. The number of thiophene rings is 1. The predicted molar refractivity (Wildman–Crippen MR) is 81.2 cm³/mol. The summed E-state index contributed by atoms with van der Waals surface area (Å²) >= 11 is 1.76. The van der Waals surface area contributed by atoms with E-state index in [4.69, 9.17) is 0 Å². The summed E-state index contributed by atoms with van der Waals surface area (Å²) in [4.78, 5) is 17.4. The monoisotopic (exact) mass is 269 g/mol. The molecule has 0 bridgehead atoms. The molecule has 0 aliphatic carbocycles. The summed E-state index contributed by atoms with van der Waals surface area (Å²) in [5.74, 6) is 0. The van der Waals surface area contributed by atoms with Crippen LogP contribution in [0, 0.1) is 20.8 Å². The average Bonchev–Trinajstić information content (AvgIpc) is 2.90. The highest BCUT2D eigenvalue weighted by molar-refractivity contribution is 7.12. The number of aryl methyl sites for hydroxylation is 3. The molecule has 0 saturated heterocycles. The van der Waals surface area contributed by atoms with E-state index in [2.05, 4.69) is 37.9 Å². The van der Waals surface area contributed by atoms with E-state index >= 15 is 0 Å². The van der Waals surface area contributed by atoms with Gasteiger partial charge in [0.25, 0.3) is 0 Å². The Bertz CT molecular complexity index is 779. The Balaban J connectivity index is 2.38. The lowest BCUT2D eigenvalue weighted by Gasteiger charge is -1.97. The molecule has 0 amide bonds. The molecule has 19 heavy (non-hydrogen) atoms. The van der Waals surface area contributed by atoms with E-state index < -0.39 is 0 Å². The maximum absolute atomic E-state index is 11.5. The number of carbonyl (C=O) groups excluding carboxylic acids is 1. The Morgan fingerprint density at radius 3 is 2.63 bits per heavy atom. The fourth-order valence-electron chi connectivity index (χ4n) is 2.60. The Morgan fingerprint density at radius 1 is 1.21 bits per heavy atom. The van der Waals surface area contributed by atoms with Crippen LogP contribution in [-0.4, -0.2) is 11.3 Å². The van der Waals surface area contributed by atoms with Gasteiger partial charge in [0.15, 0.2) is 6.29 Å². The number of hydrogen-bond acceptors (Lipinski definition) is 2. The third kappa shape index (κ3) is 1.81. The summed E-state index contributed by atoms with van der Waals surface area (Å²) in [5.41, 5.74) is 5.07. The van der Waals surface area contributed by atoms with Crippen LogP contribution < -0.4 is 0 Å². The van der Waals surface area contributed by atoms with Gasteiger partial charge in [-0.3, -0.25) is 4.79 Å². The van der Waals surface area contributed by atoms with Gasteiger partial charge in [-0.05, 0) is 32.4 Å². The maximum atomic E-state index is 11.5. The van der Waals surface area contributed by atoms with E-state index in [0.717, 1.165) is 39.6 Å². The van der Waals surface area contributed by atoms with E-state index in [0.29, 0.717) is 0 Å². The zero-order valence-corrected chi connectivity index (χ0v) is 12.0. The molecule has 0 atom stereocenters. The number of benzene rings is 1. The zero-order valence-electron chi connectivity index (χ0n) is 11.2. The van der Waals surface area contributed by atoms with Crippen molar-refractivity contribution in [3.63, 3.8) is 0 Å². The van der Waals surface area contributed by atoms with Crippen LogP contribution in [0.25, 0.3) is 22.2 Å². The molecule has 1 aromatic carbocycles. The highest BCUT2D eigenvalue weighted by Gasteiger charge is 2.16. The number of H-pyrrole nitrogens is 1. The molecule has 3 aromatic rings. The van der Waals surface area contributed by atoms with Gasteiger partial charge < -0.3 is 4.98 Å². The molecule has 2 nitrogen and oxygen atoms in total. The first-order valence-corrected chi connectivity index (χ1v) is 7.07. The Hall–Kier alpha value is -1.87. The number of rotatable bonds is 2. The topological polar surface area (TPSA) is 32.9 Å². The summed E-state index contributed by atoms with van der Waals surface area (Å²) in [6.07, 6.45) is 0.958. The number of para-hydroxylation sites is 1. The summed E-state index contributed by atoms with van der Waals surface area (Å²) in [5, 5.41) is 1.01. The van der Waals surface area contributed by atoms with Gasteiger partial charge in [0.2, 0.25) is 0 Å². The molecule has 0 radical (unpaired) electrons. The van der Waals surface area contributed by atoms with Crippen molar-refractivity contribution >= 4 is 28.5 Å². The van der Waals surface area contributed by atoms with Gasteiger partial charge in [-0.2, -0.15) is 0 Å². The third-order valence-electron chi connectivity index (χ3n) is 3.51. The van der Waals surface area contributed by atoms with Crippen LogP contribution in [0.4, 0.5) is 0 Å². The van der Waals surface area contributed by atoms with Gasteiger partial charge >= 0.3 is 0 Å². The van der Waals surface area contributed by atoms with Crippen molar-refractivity contribution in [2.45, 2.75) is 20.8 Å². The van der Waals surface area contributed by atoms with Crippen LogP contribution in [0.2, 0.25) is 0 Å². The van der Waals surface area contributed by atoms with E-state index in [9.17, 15) is 4.79 Å². The van der Waals surface area contributed by atoms with Crippen LogP contribution in [0.3, 0.4) is 0 Å². The Morgan fingerprint density at radius 2 is 2.00 bits per heavy atom. The summed E-state index contributed by atoms with van der Waals surface area (Å²) in [6.45, 7) is 6.25. The minimum Gasteiger partial charge on any atom is -0.354 e. The number of fused-ring (bicyclic) bond motifs is 1. The molecule has 1 N–H and O–H groups in total. The van der Waals surface area contributed by atoms with E-state index in [-0.39, 0.29) is 0 Å². The smallest absolute Gasteiger partial charge is 0.152 e. The summed E-state index contributed by atoms with van der Waals surface area (Å²) in [7, 11) is 0.